The lowest BCUT2D eigenvalue weighted by molar-refractivity contribution is 0.217. The van der Waals surface area contributed by atoms with Gasteiger partial charge in [-0.2, -0.15) is 0 Å². The van der Waals surface area contributed by atoms with E-state index in [9.17, 15) is 0 Å². The highest BCUT2D eigenvalue weighted by molar-refractivity contribution is 9.11. The van der Waals surface area contributed by atoms with E-state index in [1.165, 1.54) is 51.4 Å². The Morgan fingerprint density at radius 1 is 0.470 bits per heavy atom. The van der Waals surface area contributed by atoms with Crippen molar-refractivity contribution in [2.24, 2.45) is 11.8 Å². The number of hydrogen-bond donors (Lipinski definition) is 2. The summed E-state index contributed by atoms with van der Waals surface area (Å²) >= 11 is 7.71. The second-order valence-electron chi connectivity index (χ2n) is 18.0. The van der Waals surface area contributed by atoms with Gasteiger partial charge in [-0.3, -0.25) is 0 Å². The van der Waals surface area contributed by atoms with Crippen LogP contribution in [0, 0.1) is 23.5 Å². The van der Waals surface area contributed by atoms with Crippen LogP contribution >= 0.6 is 31.9 Å². The number of H-pyrrole nitrogens is 2. The lowest BCUT2D eigenvalue weighted by Crippen LogP contribution is -2.13. The molecule has 0 aliphatic carbocycles. The summed E-state index contributed by atoms with van der Waals surface area (Å²) in [6.45, 7) is 9.90. The fourth-order valence-electron chi connectivity index (χ4n) is 9.03. The van der Waals surface area contributed by atoms with Crippen LogP contribution in [-0.4, -0.2) is 33.1 Å². The summed E-state index contributed by atoms with van der Waals surface area (Å²) in [5.41, 5.74) is 8.70. The van der Waals surface area contributed by atoms with Gasteiger partial charge < -0.3 is 19.4 Å². The minimum Gasteiger partial charge on any atom is -0.490 e. The van der Waals surface area contributed by atoms with Crippen LogP contribution in [0.25, 0.3) is 68.6 Å². The molecule has 66 heavy (non-hydrogen) atoms. The number of unbranched alkanes of at least 4 members (excludes halogenated alkanes) is 8. The average Bonchev–Trinajstić information content (AvgIpc) is 4.18. The Morgan fingerprint density at radius 2 is 0.848 bits per heavy atom. The van der Waals surface area contributed by atoms with Crippen LogP contribution in [0.15, 0.2) is 69.6 Å². The minimum absolute atomic E-state index is 0.265. The molecule has 0 spiro atoms. The summed E-state index contributed by atoms with van der Waals surface area (Å²) in [7, 11) is 0. The third-order valence-corrected chi connectivity index (χ3v) is 14.5. The smallest absolute Gasteiger partial charge is 0.165 e. The monoisotopic (exact) mass is 1020 g/mol. The van der Waals surface area contributed by atoms with Crippen LogP contribution in [0.2, 0.25) is 0 Å². The molecule has 7 rings (SSSR count). The van der Waals surface area contributed by atoms with Gasteiger partial charge in [-0.05, 0) is 153 Å². The molecule has 10 heteroatoms. The second kappa shape index (κ2) is 24.5. The van der Waals surface area contributed by atoms with Crippen molar-refractivity contribution in [2.75, 3.05) is 13.2 Å². The number of aromatic nitrogens is 4. The molecule has 2 aromatic carbocycles. The molecule has 0 amide bonds. The summed E-state index contributed by atoms with van der Waals surface area (Å²) < 4.78 is 46.1. The number of halogens is 4. The summed E-state index contributed by atoms with van der Waals surface area (Å²) in [5.74, 6) is 0.530. The molecule has 0 saturated carbocycles. The highest BCUT2D eigenvalue weighted by Crippen LogP contribution is 2.38. The van der Waals surface area contributed by atoms with Crippen molar-refractivity contribution in [1.82, 2.24) is 19.9 Å². The Morgan fingerprint density at radius 3 is 1.24 bits per heavy atom. The maximum absolute atomic E-state index is 16.1. The Labute approximate surface area is 407 Å². The molecule has 0 fully saturated rings. The van der Waals surface area contributed by atoms with E-state index >= 15 is 8.78 Å². The predicted molar refractivity (Wildman–Crippen MR) is 280 cm³/mol. The van der Waals surface area contributed by atoms with Gasteiger partial charge >= 0.3 is 0 Å². The Kier molecular flexibility index (Phi) is 18.3. The number of fused-ring (bicyclic) bond motifs is 8. The van der Waals surface area contributed by atoms with Crippen LogP contribution in [0.5, 0.6) is 11.5 Å². The average molecular weight is 1020 g/mol. The van der Waals surface area contributed by atoms with Gasteiger partial charge in [0.1, 0.15) is 0 Å². The van der Waals surface area contributed by atoms with Crippen molar-refractivity contribution in [1.29, 1.82) is 0 Å². The lowest BCUT2D eigenvalue weighted by Gasteiger charge is -2.18. The molecule has 2 atom stereocenters. The molecule has 2 aliphatic rings. The van der Waals surface area contributed by atoms with Crippen molar-refractivity contribution in [3.8, 4) is 33.8 Å². The number of rotatable bonds is 24. The van der Waals surface area contributed by atoms with E-state index in [4.69, 9.17) is 19.4 Å². The van der Waals surface area contributed by atoms with Crippen molar-refractivity contribution in [3.63, 3.8) is 0 Å². The molecule has 8 bridgehead atoms. The zero-order chi connectivity index (χ0) is 46.4. The van der Waals surface area contributed by atoms with Gasteiger partial charge in [-0.1, -0.05) is 117 Å². The third kappa shape index (κ3) is 12.5. The molecule has 5 heterocycles. The van der Waals surface area contributed by atoms with Crippen molar-refractivity contribution >= 4 is 78.2 Å². The fraction of sp³-hybridized carbons (Fsp3) is 0.429. The Bertz CT molecular complexity index is 2470. The molecular formula is C56H66Br2F2N4O2. The predicted octanol–water partition coefficient (Wildman–Crippen LogP) is 18.1. The number of benzene rings is 2. The first-order chi connectivity index (χ1) is 32.2. The molecule has 2 unspecified atom stereocenters. The van der Waals surface area contributed by atoms with Crippen molar-refractivity contribution in [3.05, 3.63) is 104 Å². The van der Waals surface area contributed by atoms with Crippen LogP contribution in [0.3, 0.4) is 0 Å². The van der Waals surface area contributed by atoms with Crippen LogP contribution < -0.4 is 9.47 Å². The summed E-state index contributed by atoms with van der Waals surface area (Å²) in [4.78, 5) is 17.4. The Balaban J connectivity index is 1.25. The topological polar surface area (TPSA) is 75.8 Å². The first-order valence-electron chi connectivity index (χ1n) is 24.5. The van der Waals surface area contributed by atoms with Gasteiger partial charge in [0.15, 0.2) is 23.1 Å². The molecule has 350 valence electrons. The number of nitrogens with one attached hydrogen (secondary N) is 2. The van der Waals surface area contributed by atoms with E-state index in [2.05, 4.69) is 69.5 Å². The number of nitrogens with zero attached hydrogens (tertiary/aromatic N) is 2. The van der Waals surface area contributed by atoms with Gasteiger partial charge in [0.25, 0.3) is 0 Å². The molecular weight excluding hydrogens is 958 g/mol. The normalized spacial score (nSPS) is 13.1. The molecule has 5 aromatic rings. The van der Waals surface area contributed by atoms with E-state index in [0.717, 1.165) is 93.5 Å². The van der Waals surface area contributed by atoms with Gasteiger partial charge in [0.2, 0.25) is 0 Å². The summed E-state index contributed by atoms with van der Waals surface area (Å²) in [6, 6.07) is 18.4. The molecule has 3 aromatic heterocycles. The lowest BCUT2D eigenvalue weighted by atomic mass is 9.96. The standard InChI is InChI=1S/C56H66Br2F2N4O2/c1-5-9-13-15-19-37(17-11-7-3)35-65-51-31-21-39(33-41(51)59)53-43-23-27-47(61-43)55(57)49-29-25-45(63-49)54(46-26-30-50(64-46)56(58)48-28-24-44(53)62-48)40-22-32-52(42(60)34-40)66-36-38(18-12-8-4)20-16-14-10-6-2/h21-34,37-38,61,64H,5-20,35-36H2,1-4H3. The maximum Gasteiger partial charge on any atom is 0.165 e. The molecule has 2 N–H and O–H groups in total. The van der Waals surface area contributed by atoms with E-state index in [-0.39, 0.29) is 11.5 Å². The first kappa shape index (κ1) is 49.4. The third-order valence-electron chi connectivity index (χ3n) is 12.9. The molecule has 0 radical (unpaired) electrons. The summed E-state index contributed by atoms with van der Waals surface area (Å²) in [5, 5.41) is 0. The highest BCUT2D eigenvalue weighted by atomic mass is 79.9. The van der Waals surface area contributed by atoms with Gasteiger partial charge in [-0.25, -0.2) is 18.7 Å². The van der Waals surface area contributed by atoms with E-state index in [1.807, 2.05) is 60.7 Å². The quantitative estimate of drug-likeness (QED) is 0.0592. The van der Waals surface area contributed by atoms with Gasteiger partial charge in [-0.15, -0.1) is 0 Å². The minimum atomic E-state index is -0.405. The van der Waals surface area contributed by atoms with Crippen LogP contribution in [0.1, 0.15) is 153 Å². The zero-order valence-corrected chi connectivity index (χ0v) is 42.4. The Hall–Kier alpha value is -4.54. The molecule has 6 nitrogen and oxygen atoms in total. The molecule has 2 aliphatic heterocycles. The van der Waals surface area contributed by atoms with E-state index in [1.54, 1.807) is 24.3 Å². The van der Waals surface area contributed by atoms with Crippen LogP contribution in [-0.2, 0) is 0 Å². The number of hydrogen-bond acceptors (Lipinski definition) is 4. The second-order valence-corrected chi connectivity index (χ2v) is 19.6. The van der Waals surface area contributed by atoms with E-state index in [0.29, 0.717) is 59.0 Å². The maximum atomic E-state index is 16.1. The molecule has 0 saturated heterocycles. The van der Waals surface area contributed by atoms with Gasteiger partial charge in [0.05, 0.1) is 56.0 Å². The highest BCUT2D eigenvalue weighted by Gasteiger charge is 2.20. The fourth-order valence-corrected chi connectivity index (χ4v) is 9.94. The zero-order valence-electron chi connectivity index (χ0n) is 39.2. The SMILES string of the molecule is CCCCCCC(CCCC)COc1ccc(-c2c3nc(c(Br)c4ccc([nH]4)c(-c4ccc(OCC(CCCC)CCCCCC)c(F)c4)c4nc(c(Br)c5ccc2[nH]5)C=C4)C=C3)cc1F. The number of aromatic amines is 2. The van der Waals surface area contributed by atoms with Crippen molar-refractivity contribution < 1.29 is 18.3 Å². The first-order valence-corrected chi connectivity index (χ1v) is 26.1. The largest absolute Gasteiger partial charge is 0.490 e. The van der Waals surface area contributed by atoms with Crippen LogP contribution in [0.4, 0.5) is 8.78 Å². The number of ether oxygens (including phenoxy) is 2. The van der Waals surface area contributed by atoms with Gasteiger partial charge in [0, 0.05) is 22.2 Å². The summed E-state index contributed by atoms with van der Waals surface area (Å²) in [6.07, 6.45) is 26.5. The van der Waals surface area contributed by atoms with E-state index < -0.39 is 11.6 Å². The van der Waals surface area contributed by atoms with Crippen molar-refractivity contribution in [2.45, 2.75) is 130 Å².